The molecular formula is C23H12ClF4N9O. The summed E-state index contributed by atoms with van der Waals surface area (Å²) < 4.78 is 57.5. The van der Waals surface area contributed by atoms with E-state index in [4.69, 9.17) is 11.6 Å². The summed E-state index contributed by atoms with van der Waals surface area (Å²) in [6, 6.07) is 6.84. The molecule has 0 spiro atoms. The summed E-state index contributed by atoms with van der Waals surface area (Å²) in [4.78, 5) is 21.9. The lowest BCUT2D eigenvalue weighted by atomic mass is 10.1. The van der Waals surface area contributed by atoms with Crippen molar-refractivity contribution in [1.29, 1.82) is 5.26 Å². The van der Waals surface area contributed by atoms with E-state index in [2.05, 4.69) is 30.6 Å². The van der Waals surface area contributed by atoms with Crippen molar-refractivity contribution in [2.45, 2.75) is 13.1 Å². The minimum absolute atomic E-state index is 0.00600. The van der Waals surface area contributed by atoms with Gasteiger partial charge < -0.3 is 5.32 Å². The van der Waals surface area contributed by atoms with Crippen molar-refractivity contribution in [3.8, 4) is 17.6 Å². The largest absolute Gasteiger partial charge is 0.434 e. The first-order valence-corrected chi connectivity index (χ1v) is 11.0. The zero-order chi connectivity index (χ0) is 27.2. The number of carbonyl (C=O) groups excluding carboxylic acids is 1. The number of aryl methyl sites for hydroxylation is 1. The maximum atomic E-state index is 14.4. The van der Waals surface area contributed by atoms with Crippen LogP contribution in [0.2, 0.25) is 5.15 Å². The molecule has 0 saturated carbocycles. The van der Waals surface area contributed by atoms with Crippen molar-refractivity contribution >= 4 is 34.0 Å². The summed E-state index contributed by atoms with van der Waals surface area (Å²) in [5, 5.41) is 23.1. The zero-order valence-electron chi connectivity index (χ0n) is 19.0. The predicted molar refractivity (Wildman–Crippen MR) is 125 cm³/mol. The molecule has 4 aromatic heterocycles. The third kappa shape index (κ3) is 4.28. The number of anilines is 1. The molecule has 0 fully saturated rings. The highest BCUT2D eigenvalue weighted by molar-refractivity contribution is 6.34. The first-order chi connectivity index (χ1) is 18.1. The topological polar surface area (TPSA) is 127 Å². The molecule has 5 rings (SSSR count). The minimum atomic E-state index is -5.05. The number of benzene rings is 1. The molecular weight excluding hydrogens is 530 g/mol. The van der Waals surface area contributed by atoms with E-state index in [1.165, 1.54) is 24.4 Å². The second-order valence-corrected chi connectivity index (χ2v) is 8.21. The number of fused-ring (bicyclic) bond motifs is 1. The number of hydrogen-bond donors (Lipinski definition) is 1. The summed E-state index contributed by atoms with van der Waals surface area (Å²) in [5.74, 6) is -1.89. The monoisotopic (exact) mass is 541 g/mol. The fourth-order valence-electron chi connectivity index (χ4n) is 3.75. The molecule has 1 N–H and O–H groups in total. The van der Waals surface area contributed by atoms with Gasteiger partial charge in [-0.25, -0.2) is 19.0 Å². The van der Waals surface area contributed by atoms with Crippen molar-refractivity contribution in [1.82, 2.24) is 34.7 Å². The molecule has 5 aromatic rings. The lowest BCUT2D eigenvalue weighted by Gasteiger charge is -2.15. The second-order valence-electron chi connectivity index (χ2n) is 7.85. The number of amides is 1. The molecule has 1 aromatic carbocycles. The van der Waals surface area contributed by atoms with Gasteiger partial charge >= 0.3 is 6.18 Å². The van der Waals surface area contributed by atoms with Crippen LogP contribution >= 0.6 is 11.6 Å². The number of nitrogens with zero attached hydrogens (tertiary/aromatic N) is 8. The lowest BCUT2D eigenvalue weighted by molar-refractivity contribution is -0.143. The second kappa shape index (κ2) is 9.20. The quantitative estimate of drug-likeness (QED) is 0.259. The molecule has 0 radical (unpaired) electrons. The molecule has 0 aliphatic heterocycles. The summed E-state index contributed by atoms with van der Waals surface area (Å²) in [5.41, 5.74) is -2.02. The molecule has 38 heavy (non-hydrogen) atoms. The van der Waals surface area contributed by atoms with Crippen LogP contribution in [0.4, 0.5) is 23.2 Å². The van der Waals surface area contributed by atoms with Crippen molar-refractivity contribution in [2.75, 3.05) is 5.32 Å². The molecule has 0 unspecified atom stereocenters. The number of halogens is 5. The Kier molecular flexibility index (Phi) is 6.00. The Morgan fingerprint density at radius 1 is 1.13 bits per heavy atom. The Hall–Kier alpha value is -4.90. The Labute approximate surface area is 215 Å². The van der Waals surface area contributed by atoms with Gasteiger partial charge in [-0.2, -0.15) is 33.7 Å². The Balaban J connectivity index is 1.56. The average Bonchev–Trinajstić information content (AvgIpc) is 3.51. The van der Waals surface area contributed by atoms with Crippen molar-refractivity contribution < 1.29 is 22.4 Å². The van der Waals surface area contributed by atoms with E-state index >= 15 is 0 Å². The smallest absolute Gasteiger partial charge is 0.320 e. The maximum absolute atomic E-state index is 14.4. The van der Waals surface area contributed by atoms with Gasteiger partial charge in [-0.1, -0.05) is 23.7 Å². The summed E-state index contributed by atoms with van der Waals surface area (Å²) in [7, 11) is 0. The first kappa shape index (κ1) is 24.8. The van der Waals surface area contributed by atoms with Crippen LogP contribution in [0, 0.1) is 24.1 Å². The molecule has 0 aliphatic carbocycles. The third-order valence-corrected chi connectivity index (χ3v) is 5.63. The highest BCUT2D eigenvalue weighted by Gasteiger charge is 2.41. The standard InChI is InChI=1S/C23H12ClF4N9O/c1-11-7-33-37(35-11)21-12(6-29)5-13(8-31-21)34-22(38)15-9-32-36(19(15)23(26,27)28)17-10-30-20(24)18-14(17)3-2-4-16(18)25/h2-5,7-10H,1H3,(H,34,38). The number of alkyl halides is 3. The van der Waals surface area contributed by atoms with Gasteiger partial charge in [0, 0.05) is 5.39 Å². The van der Waals surface area contributed by atoms with Crippen LogP contribution in [0.1, 0.15) is 27.3 Å². The van der Waals surface area contributed by atoms with E-state index in [1.807, 2.05) is 6.07 Å². The maximum Gasteiger partial charge on any atom is 0.434 e. The molecule has 190 valence electrons. The Morgan fingerprint density at radius 3 is 2.61 bits per heavy atom. The van der Waals surface area contributed by atoms with Gasteiger partial charge in [-0.05, 0) is 19.1 Å². The van der Waals surface area contributed by atoms with Crippen LogP contribution in [-0.4, -0.2) is 40.6 Å². The summed E-state index contributed by atoms with van der Waals surface area (Å²) in [6.45, 7) is 1.68. The predicted octanol–water partition coefficient (Wildman–Crippen LogP) is 4.64. The molecule has 0 bridgehead atoms. The van der Waals surface area contributed by atoms with Gasteiger partial charge in [0.2, 0.25) is 0 Å². The number of nitrogens with one attached hydrogen (secondary N) is 1. The van der Waals surface area contributed by atoms with Crippen LogP contribution < -0.4 is 5.32 Å². The van der Waals surface area contributed by atoms with E-state index in [9.17, 15) is 27.6 Å². The van der Waals surface area contributed by atoms with Gasteiger partial charge in [0.1, 0.15) is 22.6 Å². The van der Waals surface area contributed by atoms with E-state index < -0.39 is 29.2 Å². The van der Waals surface area contributed by atoms with E-state index in [-0.39, 0.29) is 38.7 Å². The van der Waals surface area contributed by atoms with Gasteiger partial charge in [0.05, 0.1) is 52.8 Å². The number of carbonyl (C=O) groups is 1. The fraction of sp³-hybridized carbons (Fsp3) is 0.0870. The molecule has 10 nitrogen and oxygen atoms in total. The first-order valence-electron chi connectivity index (χ1n) is 10.6. The van der Waals surface area contributed by atoms with Gasteiger partial charge in [0.25, 0.3) is 5.91 Å². The molecule has 1 amide bonds. The zero-order valence-corrected chi connectivity index (χ0v) is 19.8. The minimum Gasteiger partial charge on any atom is -0.320 e. The highest BCUT2D eigenvalue weighted by atomic mass is 35.5. The lowest BCUT2D eigenvalue weighted by Crippen LogP contribution is -2.21. The van der Waals surface area contributed by atoms with E-state index in [0.717, 1.165) is 29.5 Å². The Bertz CT molecular complexity index is 1760. The number of nitriles is 1. The average molecular weight is 542 g/mol. The van der Waals surface area contributed by atoms with Crippen LogP contribution in [0.5, 0.6) is 0 Å². The normalized spacial score (nSPS) is 11.5. The summed E-state index contributed by atoms with van der Waals surface area (Å²) in [6.07, 6.45) is -0.735. The van der Waals surface area contributed by atoms with Crippen LogP contribution in [-0.2, 0) is 6.18 Å². The van der Waals surface area contributed by atoms with E-state index in [1.54, 1.807) is 6.92 Å². The number of hydrogen-bond acceptors (Lipinski definition) is 7. The van der Waals surface area contributed by atoms with Gasteiger partial charge in [0.15, 0.2) is 11.5 Å². The summed E-state index contributed by atoms with van der Waals surface area (Å²) >= 11 is 5.97. The molecule has 15 heteroatoms. The van der Waals surface area contributed by atoms with Crippen molar-refractivity contribution in [3.05, 3.63) is 82.5 Å². The number of rotatable bonds is 4. The van der Waals surface area contributed by atoms with Gasteiger partial charge in [-0.3, -0.25) is 4.79 Å². The molecule has 4 heterocycles. The SMILES string of the molecule is Cc1cnn(-c2ncc(NC(=O)c3cnn(-c4cnc(Cl)c5c(F)cccc45)c3C(F)(F)F)cc2C#N)n1. The Morgan fingerprint density at radius 2 is 1.92 bits per heavy atom. The molecule has 0 atom stereocenters. The van der Waals surface area contributed by atoms with Crippen molar-refractivity contribution in [3.63, 3.8) is 0 Å². The molecule has 0 saturated heterocycles. The number of pyridine rings is 2. The third-order valence-electron chi connectivity index (χ3n) is 5.35. The van der Waals surface area contributed by atoms with Crippen LogP contribution in [0.15, 0.2) is 49.1 Å². The van der Waals surface area contributed by atoms with Gasteiger partial charge in [-0.15, -0.1) is 4.80 Å². The van der Waals surface area contributed by atoms with Crippen LogP contribution in [0.25, 0.3) is 22.3 Å². The fourth-order valence-corrected chi connectivity index (χ4v) is 3.99. The number of aromatic nitrogens is 7. The van der Waals surface area contributed by atoms with Crippen molar-refractivity contribution in [2.24, 2.45) is 0 Å². The molecule has 0 aliphatic rings. The van der Waals surface area contributed by atoms with E-state index in [0.29, 0.717) is 10.4 Å². The van der Waals surface area contributed by atoms with Crippen LogP contribution in [0.3, 0.4) is 0 Å². The highest BCUT2D eigenvalue weighted by Crippen LogP contribution is 2.36.